The van der Waals surface area contributed by atoms with Gasteiger partial charge in [-0.05, 0) is 54.0 Å². The molecular formula is C30H18BNO4. The number of aromatic nitrogens is 1. The molecule has 170 valence electrons. The Bertz CT molecular complexity index is 2090. The molecule has 0 saturated carbocycles. The van der Waals surface area contributed by atoms with Crippen molar-refractivity contribution in [3.05, 3.63) is 97.1 Å². The normalized spacial score (nSPS) is 12.2. The highest BCUT2D eigenvalue weighted by atomic mass is 16.4. The minimum absolute atomic E-state index is 0.422. The average Bonchev–Trinajstić information content (AvgIpc) is 3.57. The molecule has 0 saturated heterocycles. The summed E-state index contributed by atoms with van der Waals surface area (Å²) < 4.78 is 14.8. The van der Waals surface area contributed by atoms with Crippen molar-refractivity contribution in [2.24, 2.45) is 0 Å². The van der Waals surface area contributed by atoms with E-state index in [1.807, 2.05) is 12.1 Å². The van der Waals surface area contributed by atoms with Gasteiger partial charge in [-0.3, -0.25) is 0 Å². The quantitative estimate of drug-likeness (QED) is 0.295. The maximum atomic E-state index is 9.60. The van der Waals surface area contributed by atoms with Gasteiger partial charge in [0.15, 0.2) is 11.2 Å². The first kappa shape index (κ1) is 19.8. The smallest absolute Gasteiger partial charge is 0.452 e. The third-order valence-corrected chi connectivity index (χ3v) is 7.22. The molecule has 0 atom stereocenters. The SMILES string of the molecule is OB(O)c1ccc2oc3c(ccc4c5cc(-n6c7ccccc7c7ccccc76)ccc5oc43)c2c1. The van der Waals surface area contributed by atoms with Crippen molar-refractivity contribution in [1.82, 2.24) is 4.57 Å². The minimum Gasteiger partial charge on any atom is -0.452 e. The van der Waals surface area contributed by atoms with Gasteiger partial charge < -0.3 is 23.4 Å². The fourth-order valence-electron chi connectivity index (χ4n) is 5.57. The maximum absolute atomic E-state index is 9.60. The maximum Gasteiger partial charge on any atom is 0.488 e. The molecule has 5 aromatic carbocycles. The summed E-state index contributed by atoms with van der Waals surface area (Å²) in [5.41, 5.74) is 6.60. The molecule has 5 nitrogen and oxygen atoms in total. The Morgan fingerprint density at radius 1 is 0.528 bits per heavy atom. The number of nitrogens with zero attached hydrogens (tertiary/aromatic N) is 1. The molecule has 0 radical (unpaired) electrons. The number of para-hydroxylation sites is 2. The molecule has 0 spiro atoms. The largest absolute Gasteiger partial charge is 0.488 e. The fourth-order valence-corrected chi connectivity index (χ4v) is 5.57. The van der Waals surface area contributed by atoms with Gasteiger partial charge in [0.05, 0.1) is 11.0 Å². The molecule has 0 aliphatic rings. The average molecular weight is 467 g/mol. The molecule has 0 fully saturated rings. The minimum atomic E-state index is -1.53. The van der Waals surface area contributed by atoms with Crippen molar-refractivity contribution in [2.45, 2.75) is 0 Å². The number of hydrogen-bond donors (Lipinski definition) is 2. The third kappa shape index (κ3) is 2.57. The van der Waals surface area contributed by atoms with Crippen LogP contribution >= 0.6 is 0 Å². The van der Waals surface area contributed by atoms with E-state index in [0.717, 1.165) is 43.8 Å². The van der Waals surface area contributed by atoms with Crippen molar-refractivity contribution in [1.29, 1.82) is 0 Å². The molecule has 3 heterocycles. The van der Waals surface area contributed by atoms with Crippen LogP contribution in [0.5, 0.6) is 0 Å². The molecule has 0 bridgehead atoms. The lowest BCUT2D eigenvalue weighted by Crippen LogP contribution is -2.29. The third-order valence-electron chi connectivity index (χ3n) is 7.22. The van der Waals surface area contributed by atoms with Crippen molar-refractivity contribution in [2.75, 3.05) is 0 Å². The number of benzene rings is 5. The molecule has 0 aliphatic carbocycles. The Balaban J connectivity index is 1.41. The van der Waals surface area contributed by atoms with Gasteiger partial charge in [-0.15, -0.1) is 0 Å². The van der Waals surface area contributed by atoms with Gasteiger partial charge in [0.2, 0.25) is 0 Å². The zero-order chi connectivity index (χ0) is 24.0. The van der Waals surface area contributed by atoms with E-state index in [9.17, 15) is 10.0 Å². The lowest BCUT2D eigenvalue weighted by molar-refractivity contribution is 0.426. The van der Waals surface area contributed by atoms with Crippen molar-refractivity contribution < 1.29 is 18.9 Å². The predicted molar refractivity (Wildman–Crippen MR) is 145 cm³/mol. The first-order valence-electron chi connectivity index (χ1n) is 11.8. The van der Waals surface area contributed by atoms with E-state index >= 15 is 0 Å². The number of furan rings is 2. The highest BCUT2D eigenvalue weighted by molar-refractivity contribution is 6.59. The van der Waals surface area contributed by atoms with Crippen molar-refractivity contribution in [3.8, 4) is 5.69 Å². The first-order valence-corrected chi connectivity index (χ1v) is 11.8. The standard InChI is InChI=1S/C30H18BNO4/c33-31(34)17-9-13-27-23(15-17)21-11-12-22-24-16-18(10-14-28(24)36-30(22)29(21)35-27)32-25-7-3-1-5-19(25)20-6-2-4-8-26(20)32/h1-16,33-34H. The summed E-state index contributed by atoms with van der Waals surface area (Å²) in [6.07, 6.45) is 0. The van der Waals surface area contributed by atoms with Crippen LogP contribution in [0.1, 0.15) is 0 Å². The summed E-state index contributed by atoms with van der Waals surface area (Å²) in [4.78, 5) is 0. The van der Waals surface area contributed by atoms with Crippen LogP contribution in [-0.2, 0) is 0 Å². The summed E-state index contributed by atoms with van der Waals surface area (Å²) in [5, 5.41) is 25.3. The fraction of sp³-hybridized carbons (Fsp3) is 0. The van der Waals surface area contributed by atoms with Gasteiger partial charge in [-0.25, -0.2) is 0 Å². The Morgan fingerprint density at radius 2 is 1.08 bits per heavy atom. The Labute approximate surface area is 204 Å². The van der Waals surface area contributed by atoms with Crippen molar-refractivity contribution >= 4 is 78.3 Å². The highest BCUT2D eigenvalue weighted by Crippen LogP contribution is 2.40. The topological polar surface area (TPSA) is 71.7 Å². The van der Waals surface area contributed by atoms with Crippen LogP contribution in [0.25, 0.3) is 71.4 Å². The van der Waals surface area contributed by atoms with E-state index < -0.39 is 7.12 Å². The summed E-state index contributed by atoms with van der Waals surface area (Å²) in [6.45, 7) is 0. The molecule has 36 heavy (non-hydrogen) atoms. The van der Waals surface area contributed by atoms with E-state index in [2.05, 4.69) is 71.3 Å². The summed E-state index contributed by atoms with van der Waals surface area (Å²) in [7, 11) is -1.53. The van der Waals surface area contributed by atoms with E-state index in [-0.39, 0.29) is 0 Å². The van der Waals surface area contributed by atoms with Crippen molar-refractivity contribution in [3.63, 3.8) is 0 Å². The van der Waals surface area contributed by atoms with Crippen LogP contribution in [0.3, 0.4) is 0 Å². The molecule has 8 rings (SSSR count). The second kappa shape index (κ2) is 7.01. The van der Waals surface area contributed by atoms with Crippen LogP contribution in [0.4, 0.5) is 0 Å². The molecule has 6 heteroatoms. The Hall–Kier alpha value is -4.52. The molecular weight excluding hydrogens is 449 g/mol. The second-order valence-electron chi connectivity index (χ2n) is 9.20. The number of fused-ring (bicyclic) bond motifs is 10. The molecule has 8 aromatic rings. The van der Waals surface area contributed by atoms with Crippen LogP contribution in [-0.4, -0.2) is 21.7 Å². The van der Waals surface area contributed by atoms with Gasteiger partial charge >= 0.3 is 7.12 Å². The second-order valence-corrected chi connectivity index (χ2v) is 9.20. The van der Waals surface area contributed by atoms with E-state index in [1.54, 1.807) is 18.2 Å². The molecule has 0 unspecified atom stereocenters. The number of hydrogen-bond acceptors (Lipinski definition) is 4. The highest BCUT2D eigenvalue weighted by Gasteiger charge is 2.19. The monoisotopic (exact) mass is 467 g/mol. The van der Waals surface area contributed by atoms with Crippen LogP contribution in [0.15, 0.2) is 106 Å². The van der Waals surface area contributed by atoms with E-state index in [0.29, 0.717) is 22.2 Å². The van der Waals surface area contributed by atoms with Crippen LogP contribution < -0.4 is 5.46 Å². The zero-order valence-corrected chi connectivity index (χ0v) is 19.0. The zero-order valence-electron chi connectivity index (χ0n) is 19.0. The lowest BCUT2D eigenvalue weighted by Gasteiger charge is -2.07. The molecule has 3 aromatic heterocycles. The Kier molecular flexibility index (Phi) is 3.85. The number of rotatable bonds is 2. The van der Waals surface area contributed by atoms with Crippen LogP contribution in [0.2, 0.25) is 0 Å². The van der Waals surface area contributed by atoms with E-state index in [4.69, 9.17) is 8.83 Å². The van der Waals surface area contributed by atoms with Gasteiger partial charge in [-0.1, -0.05) is 48.5 Å². The summed E-state index contributed by atoms with van der Waals surface area (Å²) >= 11 is 0. The van der Waals surface area contributed by atoms with Gasteiger partial charge in [0.25, 0.3) is 0 Å². The first-order chi connectivity index (χ1) is 17.7. The lowest BCUT2D eigenvalue weighted by atomic mass is 9.80. The Morgan fingerprint density at radius 3 is 1.69 bits per heavy atom. The summed E-state index contributed by atoms with van der Waals surface area (Å²) in [5.74, 6) is 0. The van der Waals surface area contributed by atoms with E-state index in [1.165, 1.54) is 10.8 Å². The van der Waals surface area contributed by atoms with Crippen LogP contribution in [0, 0.1) is 0 Å². The molecule has 0 amide bonds. The van der Waals surface area contributed by atoms with Gasteiger partial charge in [0.1, 0.15) is 11.2 Å². The van der Waals surface area contributed by atoms with Gasteiger partial charge in [-0.2, -0.15) is 0 Å². The predicted octanol–water partition coefficient (Wildman–Crippen LogP) is 6.26. The van der Waals surface area contributed by atoms with Gasteiger partial charge in [0, 0.05) is 38.0 Å². The molecule has 0 aliphatic heterocycles. The summed E-state index contributed by atoms with van der Waals surface area (Å²) in [6, 6.07) is 32.5. The molecule has 2 N–H and O–H groups in total.